The molecule has 0 unspecified atom stereocenters. The fourth-order valence-corrected chi connectivity index (χ4v) is 3.49. The number of rotatable bonds is 3. The minimum absolute atomic E-state index is 0.508. The van der Waals surface area contributed by atoms with Crippen molar-refractivity contribution in [3.8, 4) is 0 Å². The number of aryl methyl sites for hydroxylation is 2. The van der Waals surface area contributed by atoms with E-state index >= 15 is 0 Å². The van der Waals surface area contributed by atoms with Gasteiger partial charge in [0, 0.05) is 0 Å². The predicted molar refractivity (Wildman–Crippen MR) is 79.9 cm³/mol. The van der Waals surface area contributed by atoms with E-state index in [0.717, 1.165) is 0 Å². The van der Waals surface area contributed by atoms with Crippen molar-refractivity contribution in [2.75, 3.05) is 0 Å². The van der Waals surface area contributed by atoms with Crippen LogP contribution in [0.2, 0.25) is 0 Å². The van der Waals surface area contributed by atoms with Gasteiger partial charge in [0.2, 0.25) is 0 Å². The molecule has 2 rings (SSSR count). The average Bonchev–Trinajstić information content (AvgIpc) is 2.32. The van der Waals surface area contributed by atoms with E-state index in [1.54, 1.807) is 5.56 Å². The summed E-state index contributed by atoms with van der Waals surface area (Å²) in [5.41, 5.74) is 4.02. The zero-order valence-corrected chi connectivity index (χ0v) is 12.6. The van der Waals surface area contributed by atoms with E-state index in [0.29, 0.717) is 10.8 Å². The summed E-state index contributed by atoms with van der Waals surface area (Å²) in [6, 6.07) is 8.86. The normalized spacial score (nSPS) is 27.1. The third-order valence-corrected chi connectivity index (χ3v) is 5.62. The van der Waals surface area contributed by atoms with Crippen molar-refractivity contribution in [2.45, 2.75) is 66.2 Å². The molecule has 0 heteroatoms. The van der Waals surface area contributed by atoms with Crippen molar-refractivity contribution in [2.24, 2.45) is 10.8 Å². The molecule has 1 atom stereocenters. The van der Waals surface area contributed by atoms with E-state index in [-0.39, 0.29) is 0 Å². The van der Waals surface area contributed by atoms with Gasteiger partial charge in [0.25, 0.3) is 0 Å². The molecule has 0 N–H and O–H groups in total. The second kappa shape index (κ2) is 5.07. The lowest BCUT2D eigenvalue weighted by atomic mass is 9.57. The lowest BCUT2D eigenvalue weighted by molar-refractivity contribution is 0.0252. The molecular formula is C18H28. The number of hydrogen-bond donors (Lipinski definition) is 0. The average molecular weight is 244 g/mol. The molecule has 0 bridgehead atoms. The molecule has 0 aliphatic heterocycles. The molecule has 1 fully saturated rings. The summed E-state index contributed by atoms with van der Waals surface area (Å²) in [4.78, 5) is 0. The molecule has 1 aromatic rings. The van der Waals surface area contributed by atoms with Crippen molar-refractivity contribution >= 4 is 0 Å². The highest BCUT2D eigenvalue weighted by Gasteiger charge is 2.41. The molecule has 1 aliphatic carbocycles. The fraction of sp³-hybridized carbons (Fsp3) is 0.667. The van der Waals surface area contributed by atoms with Crippen LogP contribution in [0.15, 0.2) is 24.3 Å². The minimum atomic E-state index is 0.508. The zero-order chi connectivity index (χ0) is 13.2. The standard InChI is InChI=1S/C18H28/c1-15-9-5-6-10-16(15)11-14-18(4)13-8-7-12-17(18,2)3/h5-6,9-10H,7-8,11-14H2,1-4H3/t18-/m0/s1. The molecule has 0 heterocycles. The Hall–Kier alpha value is -0.780. The highest BCUT2D eigenvalue weighted by Crippen LogP contribution is 2.52. The molecule has 1 aromatic carbocycles. The smallest absolute Gasteiger partial charge is 0.0271 e. The first kappa shape index (κ1) is 13.6. The Morgan fingerprint density at radius 3 is 2.33 bits per heavy atom. The topological polar surface area (TPSA) is 0 Å². The van der Waals surface area contributed by atoms with E-state index in [1.807, 2.05) is 0 Å². The van der Waals surface area contributed by atoms with Crippen LogP contribution in [0, 0.1) is 17.8 Å². The third-order valence-electron chi connectivity index (χ3n) is 5.62. The Labute approximate surface area is 113 Å². The van der Waals surface area contributed by atoms with Gasteiger partial charge in [0.05, 0.1) is 0 Å². The predicted octanol–water partition coefficient (Wildman–Crippen LogP) is 5.53. The molecular weight excluding hydrogens is 216 g/mol. The first-order valence-corrected chi connectivity index (χ1v) is 7.49. The van der Waals surface area contributed by atoms with Crippen LogP contribution < -0.4 is 0 Å². The van der Waals surface area contributed by atoms with E-state index in [2.05, 4.69) is 52.0 Å². The van der Waals surface area contributed by atoms with Gasteiger partial charge in [-0.05, 0) is 54.6 Å². The largest absolute Gasteiger partial charge is 0.0620 e. The highest BCUT2D eigenvalue weighted by molar-refractivity contribution is 5.25. The van der Waals surface area contributed by atoms with Crippen LogP contribution in [0.3, 0.4) is 0 Å². The van der Waals surface area contributed by atoms with Crippen LogP contribution in [0.25, 0.3) is 0 Å². The molecule has 0 spiro atoms. The Balaban J connectivity index is 2.07. The minimum Gasteiger partial charge on any atom is -0.0620 e. The number of benzene rings is 1. The van der Waals surface area contributed by atoms with Crippen molar-refractivity contribution in [1.29, 1.82) is 0 Å². The maximum absolute atomic E-state index is 2.52. The molecule has 1 aliphatic rings. The summed E-state index contributed by atoms with van der Waals surface area (Å²) in [5, 5.41) is 0. The van der Waals surface area contributed by atoms with Gasteiger partial charge in [-0.15, -0.1) is 0 Å². The molecule has 100 valence electrons. The van der Waals surface area contributed by atoms with Gasteiger partial charge in [-0.25, -0.2) is 0 Å². The van der Waals surface area contributed by atoms with Crippen molar-refractivity contribution < 1.29 is 0 Å². The molecule has 0 aromatic heterocycles. The second-order valence-electron chi connectivity index (χ2n) is 7.08. The van der Waals surface area contributed by atoms with Crippen LogP contribution in [-0.4, -0.2) is 0 Å². The van der Waals surface area contributed by atoms with Gasteiger partial charge in [-0.2, -0.15) is 0 Å². The zero-order valence-electron chi connectivity index (χ0n) is 12.6. The van der Waals surface area contributed by atoms with Gasteiger partial charge in [-0.1, -0.05) is 57.9 Å². The van der Waals surface area contributed by atoms with Gasteiger partial charge < -0.3 is 0 Å². The van der Waals surface area contributed by atoms with Crippen LogP contribution in [0.4, 0.5) is 0 Å². The van der Waals surface area contributed by atoms with E-state index < -0.39 is 0 Å². The van der Waals surface area contributed by atoms with Crippen LogP contribution >= 0.6 is 0 Å². The second-order valence-corrected chi connectivity index (χ2v) is 7.08. The lowest BCUT2D eigenvalue weighted by Crippen LogP contribution is -2.38. The summed E-state index contributed by atoms with van der Waals surface area (Å²) in [7, 11) is 0. The van der Waals surface area contributed by atoms with E-state index in [4.69, 9.17) is 0 Å². The van der Waals surface area contributed by atoms with Crippen molar-refractivity contribution in [1.82, 2.24) is 0 Å². The Kier molecular flexibility index (Phi) is 3.84. The van der Waals surface area contributed by atoms with Crippen LogP contribution in [0.5, 0.6) is 0 Å². The summed E-state index contributed by atoms with van der Waals surface area (Å²) < 4.78 is 0. The van der Waals surface area contributed by atoms with Gasteiger partial charge >= 0.3 is 0 Å². The highest BCUT2D eigenvalue weighted by atomic mass is 14.5. The van der Waals surface area contributed by atoms with Crippen LogP contribution in [-0.2, 0) is 6.42 Å². The fourth-order valence-electron chi connectivity index (χ4n) is 3.49. The number of hydrogen-bond acceptors (Lipinski definition) is 0. The lowest BCUT2D eigenvalue weighted by Gasteiger charge is -2.48. The maximum atomic E-state index is 2.52. The first-order chi connectivity index (χ1) is 8.45. The monoisotopic (exact) mass is 244 g/mol. The Morgan fingerprint density at radius 1 is 1.00 bits per heavy atom. The quantitative estimate of drug-likeness (QED) is 0.655. The Bertz CT molecular complexity index is 402. The third kappa shape index (κ3) is 2.63. The van der Waals surface area contributed by atoms with E-state index in [1.165, 1.54) is 44.1 Å². The molecule has 18 heavy (non-hydrogen) atoms. The summed E-state index contributed by atoms with van der Waals surface area (Å²) in [6.45, 7) is 9.71. The van der Waals surface area contributed by atoms with Gasteiger partial charge in [0.1, 0.15) is 0 Å². The Morgan fingerprint density at radius 2 is 1.67 bits per heavy atom. The molecule has 0 radical (unpaired) electrons. The van der Waals surface area contributed by atoms with Crippen molar-refractivity contribution in [3.05, 3.63) is 35.4 Å². The molecule has 1 saturated carbocycles. The van der Waals surface area contributed by atoms with Crippen LogP contribution in [0.1, 0.15) is 64.0 Å². The van der Waals surface area contributed by atoms with Crippen molar-refractivity contribution in [3.63, 3.8) is 0 Å². The van der Waals surface area contributed by atoms with E-state index in [9.17, 15) is 0 Å². The summed E-state index contributed by atoms with van der Waals surface area (Å²) in [5.74, 6) is 0. The summed E-state index contributed by atoms with van der Waals surface area (Å²) in [6.07, 6.45) is 8.24. The first-order valence-electron chi connectivity index (χ1n) is 7.49. The summed E-state index contributed by atoms with van der Waals surface area (Å²) >= 11 is 0. The molecule has 0 saturated heterocycles. The maximum Gasteiger partial charge on any atom is -0.0271 e. The van der Waals surface area contributed by atoms with Gasteiger partial charge in [-0.3, -0.25) is 0 Å². The molecule has 0 nitrogen and oxygen atoms in total. The van der Waals surface area contributed by atoms with Gasteiger partial charge in [0.15, 0.2) is 0 Å². The SMILES string of the molecule is Cc1ccccc1CC[C@]1(C)CCCCC1(C)C. The molecule has 0 amide bonds.